The molecule has 0 unspecified atom stereocenters. The number of aryl methyl sites for hydroxylation is 2. The van der Waals surface area contributed by atoms with Crippen LogP contribution in [0.25, 0.3) is 5.69 Å². The summed E-state index contributed by atoms with van der Waals surface area (Å²) in [5.41, 5.74) is 3.31. The minimum atomic E-state index is 1.01. The molecule has 0 saturated heterocycles. The minimum absolute atomic E-state index is 1.01. The molecule has 0 saturated carbocycles. The van der Waals surface area contributed by atoms with Crippen LogP contribution in [0.3, 0.4) is 0 Å². The summed E-state index contributed by atoms with van der Waals surface area (Å²) in [7, 11) is 0. The molecule has 2 heterocycles. The Morgan fingerprint density at radius 2 is 1.92 bits per heavy atom. The fourth-order valence-electron chi connectivity index (χ4n) is 1.22. The molecule has 0 amide bonds. The Balaban J connectivity index is 2.46. The molecule has 66 valence electrons. The molecule has 0 N–H and O–H groups in total. The van der Waals surface area contributed by atoms with Crippen molar-refractivity contribution in [3.63, 3.8) is 0 Å². The van der Waals surface area contributed by atoms with Crippen molar-refractivity contribution >= 4 is 0 Å². The number of hydrogen-bond donors (Lipinski definition) is 0. The summed E-state index contributed by atoms with van der Waals surface area (Å²) < 4.78 is 1.83. The van der Waals surface area contributed by atoms with Gasteiger partial charge in [0.05, 0.1) is 18.1 Å². The van der Waals surface area contributed by atoms with E-state index < -0.39 is 0 Å². The van der Waals surface area contributed by atoms with Crippen LogP contribution in [0.15, 0.2) is 30.9 Å². The molecule has 0 aliphatic heterocycles. The summed E-state index contributed by atoms with van der Waals surface area (Å²) in [6.07, 6.45) is 7.46. The smallest absolute Gasteiger partial charge is 0.0831 e. The van der Waals surface area contributed by atoms with Crippen LogP contribution in [0, 0.1) is 13.8 Å². The zero-order chi connectivity index (χ0) is 9.26. The van der Waals surface area contributed by atoms with Gasteiger partial charge in [-0.05, 0) is 31.0 Å². The second kappa shape index (κ2) is 3.01. The first kappa shape index (κ1) is 7.98. The van der Waals surface area contributed by atoms with Gasteiger partial charge in [-0.1, -0.05) is 0 Å². The van der Waals surface area contributed by atoms with Gasteiger partial charge in [-0.15, -0.1) is 0 Å². The molecule has 13 heavy (non-hydrogen) atoms. The van der Waals surface area contributed by atoms with E-state index >= 15 is 0 Å². The Morgan fingerprint density at radius 1 is 1.08 bits per heavy atom. The molecule has 0 radical (unpaired) electrons. The van der Waals surface area contributed by atoms with Crippen molar-refractivity contribution in [2.45, 2.75) is 13.8 Å². The fraction of sp³-hybridized carbons (Fsp3) is 0.200. The Kier molecular flexibility index (Phi) is 1.85. The molecular formula is C10H11N3. The maximum Gasteiger partial charge on any atom is 0.0831 e. The maximum atomic E-state index is 4.20. The predicted molar refractivity (Wildman–Crippen MR) is 50.8 cm³/mol. The minimum Gasteiger partial charge on any atom is -0.262 e. The normalized spacial score (nSPS) is 10.3. The van der Waals surface area contributed by atoms with Gasteiger partial charge in [0.25, 0.3) is 0 Å². The highest BCUT2D eigenvalue weighted by Gasteiger charge is 1.97. The maximum absolute atomic E-state index is 4.20. The quantitative estimate of drug-likeness (QED) is 0.659. The van der Waals surface area contributed by atoms with Gasteiger partial charge in [-0.2, -0.15) is 5.10 Å². The topological polar surface area (TPSA) is 30.7 Å². The number of hydrogen-bond acceptors (Lipinski definition) is 2. The van der Waals surface area contributed by atoms with E-state index in [0.29, 0.717) is 0 Å². The van der Waals surface area contributed by atoms with Crippen LogP contribution < -0.4 is 0 Å². The van der Waals surface area contributed by atoms with Gasteiger partial charge in [0.1, 0.15) is 0 Å². The second-order valence-corrected chi connectivity index (χ2v) is 3.18. The van der Waals surface area contributed by atoms with Crippen molar-refractivity contribution in [3.8, 4) is 5.69 Å². The lowest BCUT2D eigenvalue weighted by atomic mass is 10.3. The second-order valence-electron chi connectivity index (χ2n) is 3.18. The lowest BCUT2D eigenvalue weighted by molar-refractivity contribution is 0.871. The first-order chi connectivity index (χ1) is 6.25. The largest absolute Gasteiger partial charge is 0.262 e. The predicted octanol–water partition coefficient (Wildman–Crippen LogP) is 1.88. The summed E-state index contributed by atoms with van der Waals surface area (Å²) in [6.45, 7) is 4.04. The summed E-state index contributed by atoms with van der Waals surface area (Å²) in [6, 6.07) is 2.06. The van der Waals surface area contributed by atoms with Gasteiger partial charge < -0.3 is 0 Å². The molecule has 0 bridgehead atoms. The molecule has 0 spiro atoms. The first-order valence-corrected chi connectivity index (χ1v) is 4.19. The lowest BCUT2D eigenvalue weighted by Gasteiger charge is -2.00. The molecule has 0 fully saturated rings. The lowest BCUT2D eigenvalue weighted by Crippen LogP contribution is -1.95. The van der Waals surface area contributed by atoms with Crippen LogP contribution in [-0.4, -0.2) is 14.8 Å². The van der Waals surface area contributed by atoms with Crippen LogP contribution in [0.4, 0.5) is 0 Å². The van der Waals surface area contributed by atoms with E-state index in [1.807, 2.05) is 37.1 Å². The Morgan fingerprint density at radius 3 is 2.54 bits per heavy atom. The van der Waals surface area contributed by atoms with E-state index in [1.54, 1.807) is 6.20 Å². The molecule has 0 aliphatic carbocycles. The average Bonchev–Trinajstić information content (AvgIpc) is 2.52. The van der Waals surface area contributed by atoms with Crippen LogP contribution in [0.5, 0.6) is 0 Å². The fourth-order valence-corrected chi connectivity index (χ4v) is 1.22. The summed E-state index contributed by atoms with van der Waals surface area (Å²) in [5.74, 6) is 0. The van der Waals surface area contributed by atoms with Crippen molar-refractivity contribution in [1.82, 2.24) is 14.8 Å². The average molecular weight is 173 g/mol. The van der Waals surface area contributed by atoms with Crippen LogP contribution >= 0.6 is 0 Å². The molecule has 3 heteroatoms. The number of pyridine rings is 1. The highest BCUT2D eigenvalue weighted by atomic mass is 15.3. The zero-order valence-corrected chi connectivity index (χ0v) is 7.73. The molecule has 2 rings (SSSR count). The summed E-state index contributed by atoms with van der Waals surface area (Å²) >= 11 is 0. The monoisotopic (exact) mass is 173 g/mol. The Bertz CT molecular complexity index is 418. The highest BCUT2D eigenvalue weighted by Crippen LogP contribution is 2.07. The Labute approximate surface area is 77.0 Å². The van der Waals surface area contributed by atoms with Gasteiger partial charge >= 0.3 is 0 Å². The van der Waals surface area contributed by atoms with Crippen molar-refractivity contribution in [3.05, 3.63) is 42.0 Å². The third kappa shape index (κ3) is 1.59. The van der Waals surface area contributed by atoms with Crippen molar-refractivity contribution < 1.29 is 0 Å². The first-order valence-electron chi connectivity index (χ1n) is 4.19. The van der Waals surface area contributed by atoms with Crippen LogP contribution in [-0.2, 0) is 0 Å². The van der Waals surface area contributed by atoms with Crippen molar-refractivity contribution in [2.24, 2.45) is 0 Å². The standard InChI is InChI=1S/C10H11N3/c1-8-3-10(6-11-4-8)13-7-9(2)5-12-13/h3-7H,1-2H3. The van der Waals surface area contributed by atoms with Gasteiger partial charge in [-0.25, -0.2) is 4.68 Å². The van der Waals surface area contributed by atoms with Gasteiger partial charge in [0.2, 0.25) is 0 Å². The zero-order valence-electron chi connectivity index (χ0n) is 7.73. The van der Waals surface area contributed by atoms with E-state index in [0.717, 1.165) is 16.8 Å². The molecule has 2 aromatic heterocycles. The van der Waals surface area contributed by atoms with E-state index in [9.17, 15) is 0 Å². The van der Waals surface area contributed by atoms with Gasteiger partial charge in [-0.3, -0.25) is 4.98 Å². The molecule has 0 atom stereocenters. The van der Waals surface area contributed by atoms with E-state index in [4.69, 9.17) is 0 Å². The third-order valence-electron chi connectivity index (χ3n) is 1.84. The van der Waals surface area contributed by atoms with E-state index in [2.05, 4.69) is 16.1 Å². The number of rotatable bonds is 1. The number of aromatic nitrogens is 3. The van der Waals surface area contributed by atoms with E-state index in [-0.39, 0.29) is 0 Å². The molecule has 0 aliphatic rings. The molecule has 2 aromatic rings. The highest BCUT2D eigenvalue weighted by molar-refractivity contribution is 5.31. The van der Waals surface area contributed by atoms with Gasteiger partial charge in [0.15, 0.2) is 0 Å². The van der Waals surface area contributed by atoms with Crippen molar-refractivity contribution in [2.75, 3.05) is 0 Å². The summed E-state index contributed by atoms with van der Waals surface area (Å²) in [4.78, 5) is 4.11. The summed E-state index contributed by atoms with van der Waals surface area (Å²) in [5, 5.41) is 4.20. The van der Waals surface area contributed by atoms with Gasteiger partial charge in [0, 0.05) is 12.4 Å². The van der Waals surface area contributed by atoms with Crippen LogP contribution in [0.1, 0.15) is 11.1 Å². The van der Waals surface area contributed by atoms with Crippen LogP contribution in [0.2, 0.25) is 0 Å². The number of nitrogens with zero attached hydrogens (tertiary/aromatic N) is 3. The molecule has 3 nitrogen and oxygen atoms in total. The Hall–Kier alpha value is -1.64. The van der Waals surface area contributed by atoms with E-state index in [1.165, 1.54) is 0 Å². The third-order valence-corrected chi connectivity index (χ3v) is 1.84. The van der Waals surface area contributed by atoms with Crippen molar-refractivity contribution in [1.29, 1.82) is 0 Å². The molecule has 0 aromatic carbocycles. The molecular weight excluding hydrogens is 162 g/mol. The SMILES string of the molecule is Cc1cncc(-n2cc(C)cn2)c1.